The van der Waals surface area contributed by atoms with Crippen molar-refractivity contribution in [2.45, 2.75) is 38.4 Å². The monoisotopic (exact) mass is 291 g/mol. The van der Waals surface area contributed by atoms with Crippen molar-refractivity contribution >= 4 is 39.6 Å². The molecule has 0 radical (unpaired) electrons. The molecular formula is C12H18ClNOS2. The van der Waals surface area contributed by atoms with Gasteiger partial charge in [0.05, 0.1) is 10.5 Å². The van der Waals surface area contributed by atoms with E-state index in [1.54, 1.807) is 11.3 Å². The largest absolute Gasteiger partial charge is 0.234 e. The molecule has 96 valence electrons. The molecule has 0 aliphatic heterocycles. The van der Waals surface area contributed by atoms with E-state index < -0.39 is 11.0 Å². The molecule has 0 fully saturated rings. The summed E-state index contributed by atoms with van der Waals surface area (Å²) in [7, 11) is -1.20. The highest BCUT2D eigenvalue weighted by atomic mass is 35.5. The third-order valence-corrected chi connectivity index (χ3v) is 4.69. The standard InChI is InChI=1S/C12H18ClNOS2/c1-12(2,3)17(15)14-10(6-4-8-13)11-7-5-9-16-11/h5,7,9H,4,6,8H2,1-3H3/t17-/m0/s1. The van der Waals surface area contributed by atoms with E-state index in [4.69, 9.17) is 11.6 Å². The second-order valence-corrected chi connectivity index (χ2v) is 7.90. The van der Waals surface area contributed by atoms with Crippen molar-refractivity contribution < 1.29 is 4.21 Å². The summed E-state index contributed by atoms with van der Waals surface area (Å²) in [5.74, 6) is 0.604. The predicted octanol–water partition coefficient (Wildman–Crippen LogP) is 4.02. The van der Waals surface area contributed by atoms with Gasteiger partial charge >= 0.3 is 0 Å². The van der Waals surface area contributed by atoms with Crippen LogP contribution in [0.4, 0.5) is 0 Å². The fourth-order valence-electron chi connectivity index (χ4n) is 1.13. The molecule has 5 heteroatoms. The lowest BCUT2D eigenvalue weighted by Crippen LogP contribution is -2.21. The van der Waals surface area contributed by atoms with Crippen LogP contribution in [0, 0.1) is 0 Å². The Bertz CT molecular complexity index is 393. The first-order valence-electron chi connectivity index (χ1n) is 5.54. The van der Waals surface area contributed by atoms with Crippen LogP contribution in [-0.4, -0.2) is 20.5 Å². The Morgan fingerprint density at radius 3 is 2.71 bits per heavy atom. The lowest BCUT2D eigenvalue weighted by molar-refractivity contribution is 0.650. The summed E-state index contributed by atoms with van der Waals surface area (Å²) in [6, 6.07) is 3.99. The van der Waals surface area contributed by atoms with E-state index in [0.717, 1.165) is 23.4 Å². The van der Waals surface area contributed by atoms with Crippen molar-refractivity contribution in [2.24, 2.45) is 4.40 Å². The molecule has 1 rings (SSSR count). The summed E-state index contributed by atoms with van der Waals surface area (Å²) in [4.78, 5) is 1.09. The van der Waals surface area contributed by atoms with E-state index in [1.807, 2.05) is 38.3 Å². The number of thiophene rings is 1. The molecule has 0 unspecified atom stereocenters. The van der Waals surface area contributed by atoms with Crippen molar-refractivity contribution in [1.82, 2.24) is 0 Å². The summed E-state index contributed by atoms with van der Waals surface area (Å²) in [6.45, 7) is 5.79. The molecular weight excluding hydrogens is 274 g/mol. The van der Waals surface area contributed by atoms with Gasteiger partial charge in [-0.2, -0.15) is 4.40 Å². The SMILES string of the molecule is CC(C)(C)[S@](=O)N=C(CCCCl)c1cccs1. The van der Waals surface area contributed by atoms with E-state index >= 15 is 0 Å². The Hall–Kier alpha value is -0.190. The van der Waals surface area contributed by atoms with Crippen LogP contribution in [0.3, 0.4) is 0 Å². The maximum Gasteiger partial charge on any atom is 0.145 e. The normalized spacial score (nSPS) is 14.9. The van der Waals surface area contributed by atoms with Gasteiger partial charge in [0.1, 0.15) is 11.0 Å². The van der Waals surface area contributed by atoms with Gasteiger partial charge < -0.3 is 0 Å². The van der Waals surface area contributed by atoms with Crippen molar-refractivity contribution in [3.63, 3.8) is 0 Å². The van der Waals surface area contributed by atoms with Crippen LogP contribution in [-0.2, 0) is 11.0 Å². The van der Waals surface area contributed by atoms with Gasteiger partial charge in [0.25, 0.3) is 0 Å². The maximum absolute atomic E-state index is 12.0. The Morgan fingerprint density at radius 2 is 2.24 bits per heavy atom. The molecule has 0 amide bonds. The first-order chi connectivity index (χ1) is 7.95. The number of nitrogens with zero attached hydrogens (tertiary/aromatic N) is 1. The zero-order chi connectivity index (χ0) is 12.9. The molecule has 0 bridgehead atoms. The van der Waals surface area contributed by atoms with E-state index in [-0.39, 0.29) is 4.75 Å². The summed E-state index contributed by atoms with van der Waals surface area (Å²) in [6.07, 6.45) is 1.64. The molecule has 1 heterocycles. The van der Waals surface area contributed by atoms with Gasteiger partial charge in [-0.25, -0.2) is 4.21 Å². The second kappa shape index (κ2) is 6.66. The number of rotatable bonds is 5. The van der Waals surface area contributed by atoms with E-state index in [0.29, 0.717) is 5.88 Å². The minimum Gasteiger partial charge on any atom is -0.234 e. The Kier molecular flexibility index (Phi) is 5.83. The third-order valence-electron chi connectivity index (χ3n) is 2.07. The van der Waals surface area contributed by atoms with Crippen molar-refractivity contribution in [1.29, 1.82) is 0 Å². The van der Waals surface area contributed by atoms with E-state index in [9.17, 15) is 4.21 Å². The first kappa shape index (κ1) is 14.9. The highest BCUT2D eigenvalue weighted by Gasteiger charge is 2.20. The Morgan fingerprint density at radius 1 is 1.53 bits per heavy atom. The quantitative estimate of drug-likeness (QED) is 0.595. The molecule has 0 N–H and O–H groups in total. The van der Waals surface area contributed by atoms with Crippen LogP contribution in [0.2, 0.25) is 0 Å². The predicted molar refractivity (Wildman–Crippen MR) is 78.7 cm³/mol. The fraction of sp³-hybridized carbons (Fsp3) is 0.583. The molecule has 17 heavy (non-hydrogen) atoms. The van der Waals surface area contributed by atoms with Crippen LogP contribution < -0.4 is 0 Å². The average Bonchev–Trinajstić information content (AvgIpc) is 2.75. The summed E-state index contributed by atoms with van der Waals surface area (Å²) in [5.41, 5.74) is 0.911. The highest BCUT2D eigenvalue weighted by Crippen LogP contribution is 2.18. The van der Waals surface area contributed by atoms with Crippen LogP contribution in [0.5, 0.6) is 0 Å². The highest BCUT2D eigenvalue weighted by molar-refractivity contribution is 7.85. The van der Waals surface area contributed by atoms with E-state index in [1.165, 1.54) is 0 Å². The van der Waals surface area contributed by atoms with Crippen molar-refractivity contribution in [2.75, 3.05) is 5.88 Å². The van der Waals surface area contributed by atoms with E-state index in [2.05, 4.69) is 4.40 Å². The zero-order valence-electron chi connectivity index (χ0n) is 10.4. The topological polar surface area (TPSA) is 29.4 Å². The lowest BCUT2D eigenvalue weighted by Gasteiger charge is -2.14. The molecule has 0 saturated heterocycles. The van der Waals surface area contributed by atoms with Gasteiger partial charge in [0, 0.05) is 10.8 Å². The van der Waals surface area contributed by atoms with Crippen LogP contribution in [0.25, 0.3) is 0 Å². The molecule has 1 aromatic rings. The zero-order valence-corrected chi connectivity index (χ0v) is 12.8. The van der Waals surface area contributed by atoms with Gasteiger partial charge in [-0.15, -0.1) is 22.9 Å². The van der Waals surface area contributed by atoms with Crippen molar-refractivity contribution in [3.8, 4) is 0 Å². The second-order valence-electron chi connectivity index (χ2n) is 4.67. The Labute approximate surface area is 115 Å². The van der Waals surface area contributed by atoms with Gasteiger partial charge in [0.2, 0.25) is 0 Å². The smallest absolute Gasteiger partial charge is 0.145 e. The number of halogens is 1. The molecule has 2 nitrogen and oxygen atoms in total. The third kappa shape index (κ3) is 4.90. The Balaban J connectivity index is 2.91. The average molecular weight is 292 g/mol. The molecule has 1 aromatic heterocycles. The fourth-order valence-corrected chi connectivity index (χ4v) is 2.73. The molecule has 0 aliphatic carbocycles. The first-order valence-corrected chi connectivity index (χ1v) is 8.06. The van der Waals surface area contributed by atoms with Gasteiger partial charge in [-0.05, 0) is 45.1 Å². The van der Waals surface area contributed by atoms with Gasteiger partial charge in [-0.1, -0.05) is 6.07 Å². The van der Waals surface area contributed by atoms with Crippen LogP contribution >= 0.6 is 22.9 Å². The molecule has 1 atom stereocenters. The minimum absolute atomic E-state index is 0.316. The molecule has 0 aliphatic rings. The van der Waals surface area contributed by atoms with Crippen LogP contribution in [0.15, 0.2) is 21.9 Å². The van der Waals surface area contributed by atoms with Crippen LogP contribution in [0.1, 0.15) is 38.5 Å². The molecule has 0 aromatic carbocycles. The maximum atomic E-state index is 12.0. The molecule has 0 saturated carbocycles. The van der Waals surface area contributed by atoms with Crippen molar-refractivity contribution in [3.05, 3.63) is 22.4 Å². The summed E-state index contributed by atoms with van der Waals surface area (Å²) in [5, 5.41) is 2.01. The summed E-state index contributed by atoms with van der Waals surface area (Å²) >= 11 is 7.33. The number of alkyl halides is 1. The van der Waals surface area contributed by atoms with Gasteiger partial charge in [-0.3, -0.25) is 0 Å². The number of hydrogen-bond donors (Lipinski definition) is 0. The molecule has 0 spiro atoms. The number of hydrogen-bond acceptors (Lipinski definition) is 2. The minimum atomic E-state index is -1.20. The lowest BCUT2D eigenvalue weighted by atomic mass is 10.2. The summed E-state index contributed by atoms with van der Waals surface area (Å²) < 4.78 is 16.1. The van der Waals surface area contributed by atoms with Gasteiger partial charge in [0.15, 0.2) is 0 Å².